The first-order valence-corrected chi connectivity index (χ1v) is 4.97. The van der Waals surface area contributed by atoms with Crippen molar-refractivity contribution in [1.29, 1.82) is 0 Å². The molecule has 0 radical (unpaired) electrons. The maximum atomic E-state index is 8.52. The van der Waals surface area contributed by atoms with E-state index in [2.05, 4.69) is 5.16 Å². The number of nitrogens with two attached hydrogens (primary N) is 1. The Balaban J connectivity index is 2.90. The van der Waals surface area contributed by atoms with Gasteiger partial charge in [0.05, 0.1) is 14.2 Å². The summed E-state index contributed by atoms with van der Waals surface area (Å²) in [4.78, 5) is 0. The molecule has 1 unspecified atom stereocenters. The van der Waals surface area contributed by atoms with Gasteiger partial charge in [-0.3, -0.25) is 0 Å². The van der Waals surface area contributed by atoms with Crippen LogP contribution in [0.1, 0.15) is 6.92 Å². The SMILES string of the molecule is COc1cc(OC)cc(OC(C)C(N)=NO)c1. The van der Waals surface area contributed by atoms with Crippen LogP contribution in [0, 0.1) is 0 Å². The molecule has 0 bridgehead atoms. The molecule has 0 aliphatic heterocycles. The minimum absolute atomic E-state index is 0.00760. The average Bonchev–Trinajstić information content (AvgIpc) is 2.36. The average molecular weight is 240 g/mol. The van der Waals surface area contributed by atoms with Crippen LogP contribution in [0.25, 0.3) is 0 Å². The first kappa shape index (κ1) is 13.0. The number of oxime groups is 1. The van der Waals surface area contributed by atoms with Crippen molar-refractivity contribution in [3.63, 3.8) is 0 Å². The molecule has 94 valence electrons. The normalized spacial score (nSPS) is 13.0. The number of rotatable bonds is 5. The zero-order valence-corrected chi connectivity index (χ0v) is 10.0. The molecule has 17 heavy (non-hydrogen) atoms. The van der Waals surface area contributed by atoms with E-state index in [0.29, 0.717) is 17.2 Å². The van der Waals surface area contributed by atoms with Crippen LogP contribution >= 0.6 is 0 Å². The molecular weight excluding hydrogens is 224 g/mol. The van der Waals surface area contributed by atoms with E-state index in [1.54, 1.807) is 39.3 Å². The molecule has 0 saturated heterocycles. The lowest BCUT2D eigenvalue weighted by Gasteiger charge is -2.14. The van der Waals surface area contributed by atoms with Gasteiger partial charge in [-0.15, -0.1) is 0 Å². The number of amidine groups is 1. The third-order valence-corrected chi connectivity index (χ3v) is 2.17. The quantitative estimate of drug-likeness (QED) is 0.350. The second kappa shape index (κ2) is 5.83. The summed E-state index contributed by atoms with van der Waals surface area (Å²) in [7, 11) is 3.09. The first-order chi connectivity index (χ1) is 8.10. The molecule has 0 spiro atoms. The summed E-state index contributed by atoms with van der Waals surface area (Å²) in [6, 6.07) is 5.09. The van der Waals surface area contributed by atoms with Gasteiger partial charge in [0.25, 0.3) is 0 Å². The number of nitrogens with zero attached hydrogens (tertiary/aromatic N) is 1. The predicted molar refractivity (Wildman–Crippen MR) is 63.0 cm³/mol. The number of methoxy groups -OCH3 is 2. The molecule has 0 saturated carbocycles. The molecule has 1 aromatic rings. The van der Waals surface area contributed by atoms with Gasteiger partial charge in [0, 0.05) is 18.2 Å². The van der Waals surface area contributed by atoms with Gasteiger partial charge < -0.3 is 25.2 Å². The van der Waals surface area contributed by atoms with E-state index in [9.17, 15) is 0 Å². The highest BCUT2D eigenvalue weighted by molar-refractivity contribution is 5.84. The van der Waals surface area contributed by atoms with Gasteiger partial charge in [-0.1, -0.05) is 5.16 Å². The maximum Gasteiger partial charge on any atom is 0.180 e. The summed E-state index contributed by atoms with van der Waals surface area (Å²) in [5.74, 6) is 1.71. The van der Waals surface area contributed by atoms with Crippen LogP contribution < -0.4 is 19.9 Å². The van der Waals surface area contributed by atoms with E-state index in [1.165, 1.54) is 0 Å². The van der Waals surface area contributed by atoms with E-state index in [4.69, 9.17) is 25.2 Å². The summed E-state index contributed by atoms with van der Waals surface area (Å²) in [5.41, 5.74) is 5.42. The molecule has 3 N–H and O–H groups in total. The molecule has 0 aliphatic carbocycles. The lowest BCUT2D eigenvalue weighted by atomic mass is 10.3. The number of hydrogen-bond donors (Lipinski definition) is 2. The molecule has 0 fully saturated rings. The fourth-order valence-corrected chi connectivity index (χ4v) is 1.20. The second-order valence-electron chi connectivity index (χ2n) is 3.33. The monoisotopic (exact) mass is 240 g/mol. The molecule has 6 heteroatoms. The fraction of sp³-hybridized carbons (Fsp3) is 0.364. The molecule has 0 heterocycles. The summed E-state index contributed by atoms with van der Waals surface area (Å²) >= 11 is 0. The van der Waals surface area contributed by atoms with Crippen LogP contribution in [-0.4, -0.2) is 31.4 Å². The maximum absolute atomic E-state index is 8.52. The summed E-state index contributed by atoms with van der Waals surface area (Å²) in [5, 5.41) is 11.4. The van der Waals surface area contributed by atoms with E-state index in [0.717, 1.165) is 0 Å². The minimum atomic E-state index is -0.545. The lowest BCUT2D eigenvalue weighted by Crippen LogP contribution is -2.31. The first-order valence-electron chi connectivity index (χ1n) is 4.97. The van der Waals surface area contributed by atoms with Gasteiger partial charge in [-0.2, -0.15) is 0 Å². The van der Waals surface area contributed by atoms with E-state index >= 15 is 0 Å². The third kappa shape index (κ3) is 3.44. The molecular formula is C11H16N2O4. The van der Waals surface area contributed by atoms with Crippen molar-refractivity contribution in [3.8, 4) is 17.2 Å². The molecule has 1 rings (SSSR count). The van der Waals surface area contributed by atoms with Crippen molar-refractivity contribution < 1.29 is 19.4 Å². The predicted octanol–water partition coefficient (Wildman–Crippen LogP) is 1.22. The molecule has 1 atom stereocenters. The molecule has 0 aromatic heterocycles. The Morgan fingerprint density at radius 3 is 2.06 bits per heavy atom. The van der Waals surface area contributed by atoms with Crippen LogP contribution in [0.5, 0.6) is 17.2 Å². The van der Waals surface area contributed by atoms with Gasteiger partial charge in [-0.25, -0.2) is 0 Å². The van der Waals surface area contributed by atoms with Crippen LogP contribution in [-0.2, 0) is 0 Å². The highest BCUT2D eigenvalue weighted by Gasteiger charge is 2.11. The molecule has 1 aromatic carbocycles. The minimum Gasteiger partial charge on any atom is -0.496 e. The van der Waals surface area contributed by atoms with Crippen molar-refractivity contribution in [1.82, 2.24) is 0 Å². The fourth-order valence-electron chi connectivity index (χ4n) is 1.20. The van der Waals surface area contributed by atoms with E-state index in [-0.39, 0.29) is 5.84 Å². The third-order valence-electron chi connectivity index (χ3n) is 2.17. The molecule has 0 amide bonds. The Morgan fingerprint density at radius 1 is 1.18 bits per heavy atom. The number of hydrogen-bond acceptors (Lipinski definition) is 5. The Kier molecular flexibility index (Phi) is 4.45. The van der Waals surface area contributed by atoms with Gasteiger partial charge in [0.2, 0.25) is 0 Å². The zero-order valence-electron chi connectivity index (χ0n) is 10.0. The van der Waals surface area contributed by atoms with Crippen molar-refractivity contribution in [2.45, 2.75) is 13.0 Å². The van der Waals surface area contributed by atoms with Crippen molar-refractivity contribution in [2.24, 2.45) is 10.9 Å². The Hall–Kier alpha value is -2.11. The Morgan fingerprint density at radius 2 is 1.65 bits per heavy atom. The molecule has 0 aliphatic rings. The standard InChI is InChI=1S/C11H16N2O4/c1-7(11(12)13-14)17-10-5-8(15-2)4-9(6-10)16-3/h4-7,14H,1-3H3,(H2,12,13). The van der Waals surface area contributed by atoms with Crippen LogP contribution in [0.2, 0.25) is 0 Å². The van der Waals surface area contributed by atoms with E-state index in [1.807, 2.05) is 0 Å². The Bertz CT molecular complexity index is 384. The summed E-state index contributed by atoms with van der Waals surface area (Å²) < 4.78 is 15.7. The van der Waals surface area contributed by atoms with E-state index < -0.39 is 6.10 Å². The topological polar surface area (TPSA) is 86.3 Å². The Labute approximate surface area is 99.6 Å². The summed E-state index contributed by atoms with van der Waals surface area (Å²) in [6.45, 7) is 1.67. The number of benzene rings is 1. The summed E-state index contributed by atoms with van der Waals surface area (Å²) in [6.07, 6.45) is -0.545. The lowest BCUT2D eigenvalue weighted by molar-refractivity contribution is 0.263. The molecule has 6 nitrogen and oxygen atoms in total. The van der Waals surface area contributed by atoms with Gasteiger partial charge >= 0.3 is 0 Å². The highest BCUT2D eigenvalue weighted by Crippen LogP contribution is 2.27. The van der Waals surface area contributed by atoms with Crippen molar-refractivity contribution >= 4 is 5.84 Å². The van der Waals surface area contributed by atoms with Crippen LogP contribution in [0.3, 0.4) is 0 Å². The van der Waals surface area contributed by atoms with Gasteiger partial charge in [-0.05, 0) is 6.92 Å². The van der Waals surface area contributed by atoms with Crippen LogP contribution in [0.4, 0.5) is 0 Å². The highest BCUT2D eigenvalue weighted by atomic mass is 16.5. The smallest absolute Gasteiger partial charge is 0.180 e. The second-order valence-corrected chi connectivity index (χ2v) is 3.33. The van der Waals surface area contributed by atoms with Gasteiger partial charge in [0.1, 0.15) is 17.2 Å². The van der Waals surface area contributed by atoms with Gasteiger partial charge in [0.15, 0.2) is 11.9 Å². The zero-order chi connectivity index (χ0) is 12.8. The van der Waals surface area contributed by atoms with Crippen LogP contribution in [0.15, 0.2) is 23.4 Å². The van der Waals surface area contributed by atoms with Crippen molar-refractivity contribution in [3.05, 3.63) is 18.2 Å². The van der Waals surface area contributed by atoms with Crippen molar-refractivity contribution in [2.75, 3.05) is 14.2 Å². The number of ether oxygens (including phenoxy) is 3. The largest absolute Gasteiger partial charge is 0.496 e.